The topological polar surface area (TPSA) is 44.2 Å². The van der Waals surface area contributed by atoms with Crippen LogP contribution < -0.4 is 4.74 Å². The molecule has 0 unspecified atom stereocenters. The Bertz CT molecular complexity index is 921. The predicted octanol–water partition coefficient (Wildman–Crippen LogP) is 6.54. The third-order valence-electron chi connectivity index (χ3n) is 5.33. The summed E-state index contributed by atoms with van der Waals surface area (Å²) in [7, 11) is 0. The highest BCUT2D eigenvalue weighted by Gasteiger charge is 2.21. The summed E-state index contributed by atoms with van der Waals surface area (Å²) in [6.45, 7) is 1.76. The lowest BCUT2D eigenvalue weighted by Gasteiger charge is -2.15. The van der Waals surface area contributed by atoms with Crippen molar-refractivity contribution in [1.29, 1.82) is 0 Å². The van der Waals surface area contributed by atoms with Crippen molar-refractivity contribution in [3.63, 3.8) is 0 Å². The lowest BCUT2D eigenvalue weighted by molar-refractivity contribution is 0.0191. The lowest BCUT2D eigenvalue weighted by atomic mass is 10.1. The Hall–Kier alpha value is -2.86. The van der Waals surface area contributed by atoms with Gasteiger partial charge in [0.2, 0.25) is 0 Å². The largest absolute Gasteiger partial charge is 0.490 e. The highest BCUT2D eigenvalue weighted by atomic mass is 19.2. The van der Waals surface area contributed by atoms with Crippen LogP contribution in [0.5, 0.6) is 5.75 Å². The molecule has 1 heterocycles. The molecule has 6 heteroatoms. The predicted molar refractivity (Wildman–Crippen MR) is 127 cm³/mol. The number of ether oxygens (including phenoxy) is 2. The van der Waals surface area contributed by atoms with Crippen molar-refractivity contribution in [3.05, 3.63) is 78.1 Å². The maximum absolute atomic E-state index is 14.1. The fourth-order valence-corrected chi connectivity index (χ4v) is 3.34. The zero-order valence-corrected chi connectivity index (χ0v) is 19.1. The molecule has 0 spiro atoms. The fourth-order valence-electron chi connectivity index (χ4n) is 3.34. The van der Waals surface area contributed by atoms with E-state index in [0.29, 0.717) is 11.6 Å². The molecular formula is C27H32F2N2O2. The van der Waals surface area contributed by atoms with E-state index in [2.05, 4.69) is 16.9 Å². The van der Waals surface area contributed by atoms with Gasteiger partial charge in [-0.1, -0.05) is 56.5 Å². The van der Waals surface area contributed by atoms with Gasteiger partial charge in [-0.25, -0.2) is 18.7 Å². The van der Waals surface area contributed by atoms with Crippen LogP contribution in [-0.2, 0) is 17.8 Å². The van der Waals surface area contributed by atoms with Crippen molar-refractivity contribution in [2.45, 2.75) is 58.0 Å². The van der Waals surface area contributed by atoms with Gasteiger partial charge in [-0.15, -0.1) is 0 Å². The SMILES string of the molecule is CCCCCCc1cnc(-c2ccc(OC[C@H](F)[C@@H](F)COCc3ccccc3)cc2)nc1. The number of aromatic nitrogens is 2. The molecule has 0 radical (unpaired) electrons. The molecule has 33 heavy (non-hydrogen) atoms. The number of alkyl halides is 2. The Morgan fingerprint density at radius 3 is 2.18 bits per heavy atom. The second kappa shape index (κ2) is 13.6. The van der Waals surface area contributed by atoms with E-state index >= 15 is 0 Å². The molecular weight excluding hydrogens is 422 g/mol. The van der Waals surface area contributed by atoms with Crippen molar-refractivity contribution >= 4 is 0 Å². The van der Waals surface area contributed by atoms with Crippen molar-refractivity contribution in [1.82, 2.24) is 9.97 Å². The Morgan fingerprint density at radius 2 is 1.48 bits per heavy atom. The molecule has 0 aliphatic heterocycles. The minimum Gasteiger partial charge on any atom is -0.490 e. The zero-order valence-electron chi connectivity index (χ0n) is 19.1. The minimum absolute atomic E-state index is 0.248. The number of benzene rings is 2. The molecule has 0 aliphatic carbocycles. The van der Waals surface area contributed by atoms with Gasteiger partial charge in [-0.3, -0.25) is 0 Å². The smallest absolute Gasteiger partial charge is 0.167 e. The monoisotopic (exact) mass is 454 g/mol. The molecule has 0 amide bonds. The summed E-state index contributed by atoms with van der Waals surface area (Å²) < 4.78 is 38.9. The van der Waals surface area contributed by atoms with E-state index in [1.165, 1.54) is 19.3 Å². The number of hydrogen-bond acceptors (Lipinski definition) is 4. The Labute approximate surface area is 195 Å². The zero-order chi connectivity index (χ0) is 23.3. The van der Waals surface area contributed by atoms with Crippen LogP contribution >= 0.6 is 0 Å². The lowest BCUT2D eigenvalue weighted by Crippen LogP contribution is -2.28. The van der Waals surface area contributed by atoms with Crippen LogP contribution in [-0.4, -0.2) is 35.5 Å². The van der Waals surface area contributed by atoms with Gasteiger partial charge in [0, 0.05) is 18.0 Å². The number of halogens is 2. The molecule has 2 atom stereocenters. The molecule has 0 aliphatic rings. The van der Waals surface area contributed by atoms with E-state index in [1.807, 2.05) is 54.9 Å². The molecule has 1 aromatic heterocycles. The summed E-state index contributed by atoms with van der Waals surface area (Å²) in [6.07, 6.45) is 6.06. The van der Waals surface area contributed by atoms with Crippen LogP contribution in [0.15, 0.2) is 67.0 Å². The molecule has 0 saturated heterocycles. The van der Waals surface area contributed by atoms with E-state index in [4.69, 9.17) is 9.47 Å². The van der Waals surface area contributed by atoms with Crippen molar-refractivity contribution < 1.29 is 18.3 Å². The van der Waals surface area contributed by atoms with Crippen LogP contribution in [0.3, 0.4) is 0 Å². The third-order valence-corrected chi connectivity index (χ3v) is 5.33. The molecule has 2 aromatic carbocycles. The van der Waals surface area contributed by atoms with E-state index < -0.39 is 12.3 Å². The molecule has 0 saturated carbocycles. The second-order valence-electron chi connectivity index (χ2n) is 8.09. The first-order valence-corrected chi connectivity index (χ1v) is 11.6. The third kappa shape index (κ3) is 8.54. The normalized spacial score (nSPS) is 12.9. The van der Waals surface area contributed by atoms with E-state index in [1.54, 1.807) is 12.1 Å². The van der Waals surface area contributed by atoms with Crippen molar-refractivity contribution in [2.24, 2.45) is 0 Å². The average molecular weight is 455 g/mol. The summed E-state index contributed by atoms with van der Waals surface area (Å²) in [4.78, 5) is 8.90. The summed E-state index contributed by atoms with van der Waals surface area (Å²) in [6, 6.07) is 16.4. The first kappa shape index (κ1) is 24.8. The number of aryl methyl sites for hydroxylation is 1. The molecule has 3 rings (SSSR count). The number of rotatable bonds is 14. The average Bonchev–Trinajstić information content (AvgIpc) is 2.86. The van der Waals surface area contributed by atoms with Gasteiger partial charge >= 0.3 is 0 Å². The van der Waals surface area contributed by atoms with E-state index in [-0.39, 0.29) is 19.8 Å². The van der Waals surface area contributed by atoms with Gasteiger partial charge in [0.05, 0.1) is 13.2 Å². The summed E-state index contributed by atoms with van der Waals surface area (Å²) in [5.41, 5.74) is 2.90. The number of nitrogens with zero attached hydrogens (tertiary/aromatic N) is 2. The first-order valence-electron chi connectivity index (χ1n) is 11.6. The fraction of sp³-hybridized carbons (Fsp3) is 0.407. The quantitative estimate of drug-likeness (QED) is 0.260. The highest BCUT2D eigenvalue weighted by Crippen LogP contribution is 2.20. The molecule has 3 aromatic rings. The van der Waals surface area contributed by atoms with E-state index in [9.17, 15) is 8.78 Å². The van der Waals surface area contributed by atoms with Crippen LogP contribution in [0.4, 0.5) is 8.78 Å². The molecule has 0 bridgehead atoms. The molecule has 176 valence electrons. The molecule has 0 N–H and O–H groups in total. The maximum atomic E-state index is 14.1. The second-order valence-corrected chi connectivity index (χ2v) is 8.09. The summed E-state index contributed by atoms with van der Waals surface area (Å²) >= 11 is 0. The van der Waals surface area contributed by atoms with Crippen molar-refractivity contribution in [2.75, 3.05) is 13.2 Å². The first-order chi connectivity index (χ1) is 16.2. The van der Waals surface area contributed by atoms with Gasteiger partial charge in [0.25, 0.3) is 0 Å². The maximum Gasteiger partial charge on any atom is 0.167 e. The van der Waals surface area contributed by atoms with Gasteiger partial charge < -0.3 is 9.47 Å². The van der Waals surface area contributed by atoms with E-state index in [0.717, 1.165) is 29.5 Å². The number of hydrogen-bond donors (Lipinski definition) is 0. The standard InChI is InChI=1S/C27H32F2N2O2/c1-2-3-4-6-11-22-16-30-27(31-17-22)23-12-14-24(15-13-23)33-20-26(29)25(28)19-32-18-21-9-7-5-8-10-21/h5,7-10,12-17,25-26H,2-4,6,11,18-20H2,1H3/t25-,26-/m0/s1. The Kier molecular flexibility index (Phi) is 10.2. The van der Waals surface area contributed by atoms with Gasteiger partial charge in [-0.2, -0.15) is 0 Å². The Morgan fingerprint density at radius 1 is 0.788 bits per heavy atom. The van der Waals surface area contributed by atoms with Crippen LogP contribution in [0, 0.1) is 0 Å². The highest BCUT2D eigenvalue weighted by molar-refractivity contribution is 5.55. The van der Waals surface area contributed by atoms with Gasteiger partial charge in [-0.05, 0) is 48.2 Å². The minimum atomic E-state index is -1.77. The van der Waals surface area contributed by atoms with Crippen LogP contribution in [0.25, 0.3) is 11.4 Å². The number of unbranched alkanes of at least 4 members (excludes halogenated alkanes) is 3. The summed E-state index contributed by atoms with van der Waals surface area (Å²) in [5, 5.41) is 0. The van der Waals surface area contributed by atoms with Crippen LogP contribution in [0.1, 0.15) is 43.7 Å². The summed E-state index contributed by atoms with van der Waals surface area (Å²) in [5.74, 6) is 1.09. The van der Waals surface area contributed by atoms with Crippen molar-refractivity contribution in [3.8, 4) is 17.1 Å². The molecule has 0 fully saturated rings. The molecule has 4 nitrogen and oxygen atoms in total. The van der Waals surface area contributed by atoms with Crippen LogP contribution in [0.2, 0.25) is 0 Å². The van der Waals surface area contributed by atoms with Gasteiger partial charge in [0.15, 0.2) is 18.2 Å². The Balaban J connectivity index is 1.40. The van der Waals surface area contributed by atoms with Gasteiger partial charge in [0.1, 0.15) is 12.4 Å².